The van der Waals surface area contributed by atoms with Gasteiger partial charge in [-0.25, -0.2) is 0 Å². The van der Waals surface area contributed by atoms with E-state index in [0.717, 1.165) is 12.0 Å². The highest BCUT2D eigenvalue weighted by Crippen LogP contribution is 2.22. The molecule has 0 aliphatic carbocycles. The number of nitrogens with zero attached hydrogens (tertiary/aromatic N) is 1. The average Bonchev–Trinajstić information content (AvgIpc) is 2.47. The molecule has 0 spiro atoms. The summed E-state index contributed by atoms with van der Waals surface area (Å²) in [5.41, 5.74) is 0.824. The molecule has 0 radical (unpaired) electrons. The van der Waals surface area contributed by atoms with E-state index in [1.54, 1.807) is 0 Å². The first-order valence-electron chi connectivity index (χ1n) is 7.14. The third-order valence-corrected chi connectivity index (χ3v) is 4.04. The maximum atomic E-state index is 11.7. The van der Waals surface area contributed by atoms with Crippen LogP contribution in [0.25, 0.3) is 0 Å². The molecule has 1 heterocycles. The maximum Gasteiger partial charge on any atom is 0.312 e. The van der Waals surface area contributed by atoms with Crippen molar-refractivity contribution in [2.75, 3.05) is 19.6 Å². The fourth-order valence-corrected chi connectivity index (χ4v) is 2.77. The van der Waals surface area contributed by atoms with Crippen LogP contribution in [0, 0.1) is 5.92 Å². The van der Waals surface area contributed by atoms with Gasteiger partial charge in [0.15, 0.2) is 0 Å². The van der Waals surface area contributed by atoms with E-state index in [4.69, 9.17) is 0 Å². The Hall–Kier alpha value is -1.68. The lowest BCUT2D eigenvalue weighted by Crippen LogP contribution is -2.43. The van der Waals surface area contributed by atoms with Crippen LogP contribution >= 0.6 is 0 Å². The van der Waals surface area contributed by atoms with E-state index in [1.165, 1.54) is 0 Å². The Morgan fingerprint density at radius 1 is 1.40 bits per heavy atom. The zero-order chi connectivity index (χ0) is 14.5. The van der Waals surface area contributed by atoms with E-state index in [-0.39, 0.29) is 5.92 Å². The number of carbonyl (C=O) groups excluding carboxylic acids is 1. The predicted molar refractivity (Wildman–Crippen MR) is 76.7 cm³/mol. The Balaban J connectivity index is 2.06. The topological polar surface area (TPSA) is 57.6 Å². The second kappa shape index (κ2) is 6.66. The molecule has 0 aromatic heterocycles. The van der Waals surface area contributed by atoms with E-state index >= 15 is 0 Å². The Morgan fingerprint density at radius 3 is 2.70 bits per heavy atom. The Morgan fingerprint density at radius 2 is 2.10 bits per heavy atom. The van der Waals surface area contributed by atoms with Crippen LogP contribution in [0.5, 0.6) is 0 Å². The summed E-state index contributed by atoms with van der Waals surface area (Å²) in [6, 6.07) is 9.31. The fourth-order valence-electron chi connectivity index (χ4n) is 2.77. The quantitative estimate of drug-likeness (QED) is 0.894. The van der Waals surface area contributed by atoms with Crippen molar-refractivity contribution >= 4 is 11.8 Å². The summed E-state index contributed by atoms with van der Waals surface area (Å²) in [5.74, 6) is -0.952. The van der Waals surface area contributed by atoms with Gasteiger partial charge in [-0.1, -0.05) is 37.3 Å². The zero-order valence-electron chi connectivity index (χ0n) is 11.8. The molecule has 0 amide bonds. The average molecular weight is 275 g/mol. The molecule has 1 aromatic carbocycles. The molecule has 0 saturated carbocycles. The SMILES string of the molecule is CCC1CN(CC(C(=O)O)c2ccccc2)CCC1=O. The van der Waals surface area contributed by atoms with Crippen molar-refractivity contribution in [3.8, 4) is 0 Å². The van der Waals surface area contributed by atoms with Crippen molar-refractivity contribution in [3.63, 3.8) is 0 Å². The van der Waals surface area contributed by atoms with E-state index in [0.29, 0.717) is 31.8 Å². The third-order valence-electron chi connectivity index (χ3n) is 4.04. The number of hydrogen-bond acceptors (Lipinski definition) is 3. The normalized spacial score (nSPS) is 21.6. The predicted octanol–water partition coefficient (Wildman–Crippen LogP) is 2.16. The molecular formula is C16H21NO3. The number of benzene rings is 1. The van der Waals surface area contributed by atoms with Gasteiger partial charge in [-0.2, -0.15) is 0 Å². The van der Waals surface area contributed by atoms with Crippen LogP contribution in [0.4, 0.5) is 0 Å². The van der Waals surface area contributed by atoms with Crippen molar-refractivity contribution in [1.29, 1.82) is 0 Å². The van der Waals surface area contributed by atoms with Crippen molar-refractivity contribution in [3.05, 3.63) is 35.9 Å². The summed E-state index contributed by atoms with van der Waals surface area (Å²) < 4.78 is 0. The molecule has 1 aliphatic rings. The molecule has 1 fully saturated rings. The summed E-state index contributed by atoms with van der Waals surface area (Å²) in [6.45, 7) is 3.85. The number of rotatable bonds is 5. The number of carboxylic acid groups (broad SMARTS) is 1. The van der Waals surface area contributed by atoms with Crippen molar-refractivity contribution in [1.82, 2.24) is 4.90 Å². The summed E-state index contributed by atoms with van der Waals surface area (Å²) in [6.07, 6.45) is 1.37. The zero-order valence-corrected chi connectivity index (χ0v) is 11.8. The molecule has 0 bridgehead atoms. The minimum atomic E-state index is -0.804. The summed E-state index contributed by atoms with van der Waals surface area (Å²) in [5, 5.41) is 9.44. The summed E-state index contributed by atoms with van der Waals surface area (Å²) in [7, 11) is 0. The van der Waals surface area contributed by atoms with Crippen LogP contribution in [0.3, 0.4) is 0 Å². The molecule has 4 nitrogen and oxygen atoms in total. The van der Waals surface area contributed by atoms with Gasteiger partial charge in [0.2, 0.25) is 0 Å². The van der Waals surface area contributed by atoms with Crippen LogP contribution < -0.4 is 0 Å². The summed E-state index contributed by atoms with van der Waals surface area (Å²) in [4.78, 5) is 25.3. The Kier molecular flexibility index (Phi) is 4.90. The lowest BCUT2D eigenvalue weighted by Gasteiger charge is -2.33. The van der Waals surface area contributed by atoms with Crippen molar-refractivity contribution in [2.45, 2.75) is 25.7 Å². The number of carboxylic acids is 1. The molecule has 2 unspecified atom stereocenters. The van der Waals surface area contributed by atoms with Gasteiger partial charge < -0.3 is 10.0 Å². The van der Waals surface area contributed by atoms with Crippen LogP contribution in [0.2, 0.25) is 0 Å². The van der Waals surface area contributed by atoms with Crippen LogP contribution in [-0.4, -0.2) is 41.4 Å². The van der Waals surface area contributed by atoms with Gasteiger partial charge in [-0.3, -0.25) is 9.59 Å². The molecule has 1 N–H and O–H groups in total. The molecule has 2 atom stereocenters. The Labute approximate surface area is 119 Å². The highest BCUT2D eigenvalue weighted by molar-refractivity contribution is 5.82. The lowest BCUT2D eigenvalue weighted by atomic mass is 9.92. The molecular weight excluding hydrogens is 254 g/mol. The number of likely N-dealkylation sites (tertiary alicyclic amines) is 1. The van der Waals surface area contributed by atoms with Gasteiger partial charge in [-0.15, -0.1) is 0 Å². The summed E-state index contributed by atoms with van der Waals surface area (Å²) >= 11 is 0. The van der Waals surface area contributed by atoms with Gasteiger partial charge >= 0.3 is 5.97 Å². The molecule has 2 rings (SSSR count). The monoisotopic (exact) mass is 275 g/mol. The third kappa shape index (κ3) is 3.45. The molecule has 1 aliphatic heterocycles. The number of aliphatic carboxylic acids is 1. The second-order valence-electron chi connectivity index (χ2n) is 5.38. The molecule has 1 saturated heterocycles. The first-order chi connectivity index (χ1) is 9.61. The number of ketones is 1. The van der Waals surface area contributed by atoms with E-state index < -0.39 is 11.9 Å². The molecule has 4 heteroatoms. The van der Waals surface area contributed by atoms with E-state index in [9.17, 15) is 14.7 Å². The largest absolute Gasteiger partial charge is 0.481 e. The van der Waals surface area contributed by atoms with E-state index in [2.05, 4.69) is 4.90 Å². The van der Waals surface area contributed by atoms with Gasteiger partial charge in [0.25, 0.3) is 0 Å². The second-order valence-corrected chi connectivity index (χ2v) is 5.38. The molecule has 1 aromatic rings. The minimum absolute atomic E-state index is 0.0639. The minimum Gasteiger partial charge on any atom is -0.481 e. The first kappa shape index (κ1) is 14.7. The van der Waals surface area contributed by atoms with Crippen LogP contribution in [0.15, 0.2) is 30.3 Å². The van der Waals surface area contributed by atoms with Crippen molar-refractivity contribution in [2.24, 2.45) is 5.92 Å². The van der Waals surface area contributed by atoms with Gasteiger partial charge in [0.05, 0.1) is 5.92 Å². The lowest BCUT2D eigenvalue weighted by molar-refractivity contribution is -0.139. The van der Waals surface area contributed by atoms with Gasteiger partial charge in [0.1, 0.15) is 5.78 Å². The first-order valence-corrected chi connectivity index (χ1v) is 7.14. The van der Waals surface area contributed by atoms with Crippen LogP contribution in [0.1, 0.15) is 31.2 Å². The highest BCUT2D eigenvalue weighted by atomic mass is 16.4. The van der Waals surface area contributed by atoms with Gasteiger partial charge in [0, 0.05) is 32.0 Å². The number of carbonyl (C=O) groups is 2. The van der Waals surface area contributed by atoms with E-state index in [1.807, 2.05) is 37.3 Å². The molecule has 20 heavy (non-hydrogen) atoms. The number of Topliss-reactive ketones (excluding diaryl/α,β-unsaturated/α-hetero) is 1. The number of piperidine rings is 1. The fraction of sp³-hybridized carbons (Fsp3) is 0.500. The van der Waals surface area contributed by atoms with Crippen LogP contribution in [-0.2, 0) is 9.59 Å². The van der Waals surface area contributed by atoms with Gasteiger partial charge in [-0.05, 0) is 12.0 Å². The number of hydrogen-bond donors (Lipinski definition) is 1. The standard InChI is InChI=1S/C16H21NO3/c1-2-12-10-17(9-8-15(12)18)11-14(16(19)20)13-6-4-3-5-7-13/h3-7,12,14H,2,8-11H2,1H3,(H,19,20). The van der Waals surface area contributed by atoms with Crippen molar-refractivity contribution < 1.29 is 14.7 Å². The maximum absolute atomic E-state index is 11.7. The smallest absolute Gasteiger partial charge is 0.312 e. The molecule has 108 valence electrons. The Bertz CT molecular complexity index is 472. The highest BCUT2D eigenvalue weighted by Gasteiger charge is 2.29.